The van der Waals surface area contributed by atoms with Crippen LogP contribution < -0.4 is 4.72 Å². The van der Waals surface area contributed by atoms with E-state index < -0.39 is 16.0 Å². The number of ether oxygens (including phenoxy) is 1. The molecule has 0 saturated heterocycles. The Kier molecular flexibility index (Phi) is 5.27. The first-order valence-electron chi connectivity index (χ1n) is 8.18. The molecular formula is C18H21NO4S2. The van der Waals surface area contributed by atoms with Gasteiger partial charge in [-0.05, 0) is 59.5 Å². The average molecular weight is 380 g/mol. The predicted octanol–water partition coefficient (Wildman–Crippen LogP) is 3.33. The second-order valence-corrected chi connectivity index (χ2v) is 8.89. The molecule has 5 nitrogen and oxygen atoms in total. The summed E-state index contributed by atoms with van der Waals surface area (Å²) in [5.74, 6) is -0.487. The molecule has 1 aromatic heterocycles. The van der Waals surface area contributed by atoms with Gasteiger partial charge in [0.1, 0.15) is 0 Å². The number of hydrogen-bond acceptors (Lipinski definition) is 5. The van der Waals surface area contributed by atoms with Gasteiger partial charge in [0, 0.05) is 12.0 Å². The van der Waals surface area contributed by atoms with Crippen LogP contribution in [-0.2, 0) is 20.2 Å². The zero-order chi connectivity index (χ0) is 17.9. The number of sulfonamides is 1. The van der Waals surface area contributed by atoms with Gasteiger partial charge in [-0.25, -0.2) is 17.9 Å². The Hall–Kier alpha value is -1.70. The fourth-order valence-electron chi connectivity index (χ4n) is 3.39. The third-order valence-electron chi connectivity index (χ3n) is 4.88. The number of methoxy groups -OCH3 is 1. The van der Waals surface area contributed by atoms with Crippen molar-refractivity contribution in [3.63, 3.8) is 0 Å². The van der Waals surface area contributed by atoms with Crippen LogP contribution in [0.25, 0.3) is 0 Å². The maximum atomic E-state index is 12.6. The summed E-state index contributed by atoms with van der Waals surface area (Å²) < 4.78 is 32.7. The van der Waals surface area contributed by atoms with Crippen molar-refractivity contribution >= 4 is 27.3 Å². The molecule has 0 amide bonds. The lowest BCUT2D eigenvalue weighted by molar-refractivity contribution is 0.0600. The average Bonchev–Trinajstić information content (AvgIpc) is 3.32. The highest BCUT2D eigenvalue weighted by Gasteiger charge is 2.37. The first-order chi connectivity index (χ1) is 12.0. The highest BCUT2D eigenvalue weighted by atomic mass is 32.2. The van der Waals surface area contributed by atoms with Crippen LogP contribution in [0, 0.1) is 0 Å². The van der Waals surface area contributed by atoms with Crippen LogP contribution in [0.5, 0.6) is 0 Å². The van der Waals surface area contributed by atoms with Crippen molar-refractivity contribution in [1.29, 1.82) is 0 Å². The van der Waals surface area contributed by atoms with Crippen LogP contribution in [0.15, 0.2) is 46.0 Å². The van der Waals surface area contributed by atoms with Gasteiger partial charge < -0.3 is 4.74 Å². The Balaban J connectivity index is 1.76. The number of hydrogen-bond donors (Lipinski definition) is 1. The quantitative estimate of drug-likeness (QED) is 0.782. The Morgan fingerprint density at radius 3 is 2.44 bits per heavy atom. The van der Waals surface area contributed by atoms with Gasteiger partial charge in [0.05, 0.1) is 17.6 Å². The molecule has 25 heavy (non-hydrogen) atoms. The molecule has 1 heterocycles. The number of carbonyl (C=O) groups excluding carboxylic acids is 1. The molecule has 0 bridgehead atoms. The molecule has 2 aromatic rings. The standard InChI is InChI=1S/C18H21NO4S2/c1-23-17(20)14-4-6-16(7-5-14)25(21,22)19-13-18(9-2-3-10-18)15-8-11-24-12-15/h4-8,11-12,19H,2-3,9-10,13H2,1H3. The lowest BCUT2D eigenvalue weighted by atomic mass is 9.81. The van der Waals surface area contributed by atoms with Gasteiger partial charge in [0.15, 0.2) is 0 Å². The molecule has 0 aliphatic heterocycles. The topological polar surface area (TPSA) is 72.5 Å². The summed E-state index contributed by atoms with van der Waals surface area (Å²) in [4.78, 5) is 11.6. The minimum atomic E-state index is -3.62. The third-order valence-corrected chi connectivity index (χ3v) is 6.98. The lowest BCUT2D eigenvalue weighted by Gasteiger charge is -2.28. The largest absolute Gasteiger partial charge is 0.465 e. The van der Waals surface area contributed by atoms with Crippen molar-refractivity contribution in [3.8, 4) is 0 Å². The molecular weight excluding hydrogens is 358 g/mol. The molecule has 0 atom stereocenters. The van der Waals surface area contributed by atoms with E-state index in [-0.39, 0.29) is 10.3 Å². The third kappa shape index (κ3) is 3.78. The van der Waals surface area contributed by atoms with E-state index in [1.807, 2.05) is 5.38 Å². The van der Waals surface area contributed by atoms with E-state index in [4.69, 9.17) is 0 Å². The summed E-state index contributed by atoms with van der Waals surface area (Å²) in [5.41, 5.74) is 1.43. The van der Waals surface area contributed by atoms with Crippen molar-refractivity contribution in [3.05, 3.63) is 52.2 Å². The van der Waals surface area contributed by atoms with Gasteiger partial charge in [0.2, 0.25) is 10.0 Å². The van der Waals surface area contributed by atoms with Crippen LogP contribution in [0.2, 0.25) is 0 Å². The smallest absolute Gasteiger partial charge is 0.337 e. The van der Waals surface area contributed by atoms with E-state index in [9.17, 15) is 13.2 Å². The molecule has 3 rings (SSSR count). The molecule has 134 valence electrons. The van der Waals surface area contributed by atoms with E-state index in [2.05, 4.69) is 20.9 Å². The predicted molar refractivity (Wildman–Crippen MR) is 97.4 cm³/mol. The zero-order valence-electron chi connectivity index (χ0n) is 14.0. The number of thiophene rings is 1. The maximum absolute atomic E-state index is 12.6. The number of esters is 1. The number of nitrogens with one attached hydrogen (secondary N) is 1. The number of benzene rings is 1. The first kappa shape index (κ1) is 18.1. The van der Waals surface area contributed by atoms with Crippen molar-refractivity contribution in [1.82, 2.24) is 4.72 Å². The van der Waals surface area contributed by atoms with Crippen molar-refractivity contribution in [2.24, 2.45) is 0 Å². The van der Waals surface area contributed by atoms with Crippen LogP contribution in [0.4, 0.5) is 0 Å². The SMILES string of the molecule is COC(=O)c1ccc(S(=O)(=O)NCC2(c3ccsc3)CCCC2)cc1. The normalized spacial score (nSPS) is 16.7. The summed E-state index contributed by atoms with van der Waals surface area (Å²) in [6.07, 6.45) is 4.22. The molecule has 1 N–H and O–H groups in total. The second-order valence-electron chi connectivity index (χ2n) is 6.34. The summed E-state index contributed by atoms with van der Waals surface area (Å²) in [6, 6.07) is 7.88. The van der Waals surface area contributed by atoms with Crippen LogP contribution in [-0.4, -0.2) is 28.0 Å². The van der Waals surface area contributed by atoms with Crippen LogP contribution in [0.3, 0.4) is 0 Å². The Morgan fingerprint density at radius 1 is 1.20 bits per heavy atom. The van der Waals surface area contributed by atoms with Gasteiger partial charge in [-0.15, -0.1) is 0 Å². The van der Waals surface area contributed by atoms with Gasteiger partial charge in [-0.2, -0.15) is 11.3 Å². The number of carbonyl (C=O) groups is 1. The van der Waals surface area contributed by atoms with Gasteiger partial charge in [0.25, 0.3) is 0 Å². The van der Waals surface area contributed by atoms with Crippen LogP contribution in [0.1, 0.15) is 41.6 Å². The molecule has 1 fully saturated rings. The summed E-state index contributed by atoms with van der Waals surface area (Å²) in [5, 5.41) is 4.15. The summed E-state index contributed by atoms with van der Waals surface area (Å²) >= 11 is 1.64. The lowest BCUT2D eigenvalue weighted by Crippen LogP contribution is -2.38. The second kappa shape index (κ2) is 7.27. The maximum Gasteiger partial charge on any atom is 0.337 e. The van der Waals surface area contributed by atoms with E-state index in [1.165, 1.54) is 36.9 Å². The highest BCUT2D eigenvalue weighted by molar-refractivity contribution is 7.89. The van der Waals surface area contributed by atoms with Gasteiger partial charge >= 0.3 is 5.97 Å². The minimum absolute atomic E-state index is 0.112. The number of rotatable bonds is 6. The molecule has 1 saturated carbocycles. The van der Waals surface area contributed by atoms with E-state index >= 15 is 0 Å². The fraction of sp³-hybridized carbons (Fsp3) is 0.389. The molecule has 7 heteroatoms. The summed E-state index contributed by atoms with van der Waals surface area (Å²) in [7, 11) is -2.33. The Labute approximate surface area is 152 Å². The van der Waals surface area contributed by atoms with Gasteiger partial charge in [-0.1, -0.05) is 12.8 Å². The van der Waals surface area contributed by atoms with E-state index in [0.717, 1.165) is 25.7 Å². The Bertz CT molecular complexity index is 820. The molecule has 1 aromatic carbocycles. The monoisotopic (exact) mass is 379 g/mol. The van der Waals surface area contributed by atoms with Gasteiger partial charge in [-0.3, -0.25) is 0 Å². The van der Waals surface area contributed by atoms with Crippen LogP contribution >= 0.6 is 11.3 Å². The Morgan fingerprint density at radius 2 is 1.88 bits per heavy atom. The summed E-state index contributed by atoms with van der Waals surface area (Å²) in [6.45, 7) is 0.394. The minimum Gasteiger partial charge on any atom is -0.465 e. The van der Waals surface area contributed by atoms with E-state index in [0.29, 0.717) is 12.1 Å². The first-order valence-corrected chi connectivity index (χ1v) is 10.6. The zero-order valence-corrected chi connectivity index (χ0v) is 15.7. The molecule has 0 radical (unpaired) electrons. The van der Waals surface area contributed by atoms with Crippen molar-refractivity contribution in [2.75, 3.05) is 13.7 Å². The fourth-order valence-corrected chi connectivity index (χ4v) is 5.30. The van der Waals surface area contributed by atoms with E-state index in [1.54, 1.807) is 11.3 Å². The molecule has 0 unspecified atom stereocenters. The van der Waals surface area contributed by atoms with Crippen molar-refractivity contribution in [2.45, 2.75) is 36.0 Å². The van der Waals surface area contributed by atoms with Crippen molar-refractivity contribution < 1.29 is 17.9 Å². The molecule has 1 aliphatic rings. The molecule has 1 aliphatic carbocycles. The molecule has 0 spiro atoms. The highest BCUT2D eigenvalue weighted by Crippen LogP contribution is 2.41.